The summed E-state index contributed by atoms with van der Waals surface area (Å²) in [5.74, 6) is -0.537. The van der Waals surface area contributed by atoms with Crippen molar-refractivity contribution in [2.45, 2.75) is 41.9 Å². The van der Waals surface area contributed by atoms with E-state index in [4.69, 9.17) is 17.3 Å². The van der Waals surface area contributed by atoms with E-state index >= 15 is 0 Å². The molecule has 0 amide bonds. The van der Waals surface area contributed by atoms with Gasteiger partial charge < -0.3 is 15.9 Å². The van der Waals surface area contributed by atoms with Gasteiger partial charge in [0.05, 0.1) is 22.1 Å². The van der Waals surface area contributed by atoms with E-state index in [0.29, 0.717) is 12.8 Å². The Kier molecular flexibility index (Phi) is 3.94. The van der Waals surface area contributed by atoms with Gasteiger partial charge in [0.25, 0.3) is 0 Å². The number of anilines is 1. The number of aliphatic hydroxyl groups excluding tert-OH is 1. The molecule has 1 saturated carbocycles. The summed E-state index contributed by atoms with van der Waals surface area (Å²) in [6, 6.07) is 2.67. The predicted molar refractivity (Wildman–Crippen MR) is 73.0 cm³/mol. The molecule has 19 heavy (non-hydrogen) atoms. The molecule has 7 heteroatoms. The van der Waals surface area contributed by atoms with Gasteiger partial charge in [-0.2, -0.15) is 0 Å². The van der Waals surface area contributed by atoms with Crippen LogP contribution in [0.5, 0.6) is 5.75 Å². The summed E-state index contributed by atoms with van der Waals surface area (Å²) in [5.41, 5.74) is 5.47. The van der Waals surface area contributed by atoms with Crippen LogP contribution in [0.4, 0.5) is 5.69 Å². The maximum absolute atomic E-state index is 12.5. The van der Waals surface area contributed by atoms with Gasteiger partial charge >= 0.3 is 0 Å². The van der Waals surface area contributed by atoms with Crippen molar-refractivity contribution < 1.29 is 18.6 Å². The Morgan fingerprint density at radius 1 is 1.26 bits per heavy atom. The summed E-state index contributed by atoms with van der Waals surface area (Å²) in [6.07, 6.45) is 1.38. The molecule has 2 atom stereocenters. The molecule has 0 aromatic heterocycles. The van der Waals surface area contributed by atoms with Gasteiger partial charge in [-0.05, 0) is 25.0 Å². The van der Waals surface area contributed by atoms with Crippen molar-refractivity contribution in [2.24, 2.45) is 0 Å². The number of phenols is 1. The number of phenolic OH excluding ortho intramolecular Hbond substituents is 1. The number of aliphatic hydroxyl groups is 1. The van der Waals surface area contributed by atoms with E-state index in [2.05, 4.69) is 0 Å². The maximum atomic E-state index is 12.5. The largest absolute Gasteiger partial charge is 0.504 e. The van der Waals surface area contributed by atoms with Crippen LogP contribution in [0.1, 0.15) is 25.7 Å². The van der Waals surface area contributed by atoms with Gasteiger partial charge in [-0.15, -0.1) is 0 Å². The first kappa shape index (κ1) is 14.4. The first-order valence-electron chi connectivity index (χ1n) is 6.04. The van der Waals surface area contributed by atoms with E-state index in [-0.39, 0.29) is 15.6 Å². The molecule has 1 aliphatic rings. The number of nitrogen functional groups attached to an aromatic ring is 1. The zero-order chi connectivity index (χ0) is 14.2. The second-order valence-electron chi connectivity index (χ2n) is 4.75. The van der Waals surface area contributed by atoms with Crippen LogP contribution in [0.3, 0.4) is 0 Å². The summed E-state index contributed by atoms with van der Waals surface area (Å²) in [4.78, 5) is -0.375. The van der Waals surface area contributed by atoms with Gasteiger partial charge in [-0.1, -0.05) is 24.4 Å². The van der Waals surface area contributed by atoms with Crippen LogP contribution in [-0.2, 0) is 9.84 Å². The minimum atomic E-state index is -3.91. The lowest BCUT2D eigenvalue weighted by Crippen LogP contribution is -2.37. The minimum absolute atomic E-state index is 0.0479. The van der Waals surface area contributed by atoms with Crippen LogP contribution in [0, 0.1) is 0 Å². The van der Waals surface area contributed by atoms with Gasteiger partial charge in [-0.3, -0.25) is 0 Å². The van der Waals surface area contributed by atoms with E-state index in [1.807, 2.05) is 0 Å². The zero-order valence-corrected chi connectivity index (χ0v) is 11.8. The van der Waals surface area contributed by atoms with E-state index in [1.165, 1.54) is 12.1 Å². The van der Waals surface area contributed by atoms with Crippen molar-refractivity contribution in [3.63, 3.8) is 0 Å². The number of nitrogens with two attached hydrogens (primary N) is 1. The number of sulfone groups is 1. The number of hydrogen-bond donors (Lipinski definition) is 3. The molecule has 1 aromatic carbocycles. The quantitative estimate of drug-likeness (QED) is 0.570. The van der Waals surface area contributed by atoms with Crippen LogP contribution in [0.25, 0.3) is 0 Å². The van der Waals surface area contributed by atoms with Crippen molar-refractivity contribution in [2.75, 3.05) is 5.73 Å². The average molecular weight is 306 g/mol. The molecule has 4 N–H and O–H groups in total. The van der Waals surface area contributed by atoms with Gasteiger partial charge in [0.15, 0.2) is 15.6 Å². The van der Waals surface area contributed by atoms with Crippen molar-refractivity contribution in [3.8, 4) is 5.75 Å². The molecule has 0 unspecified atom stereocenters. The fourth-order valence-corrected chi connectivity index (χ4v) is 4.95. The number of rotatable bonds is 2. The van der Waals surface area contributed by atoms with Crippen molar-refractivity contribution in [3.05, 3.63) is 17.2 Å². The molecular weight excluding hydrogens is 290 g/mol. The highest BCUT2D eigenvalue weighted by molar-refractivity contribution is 7.92. The number of aromatic hydroxyl groups is 1. The molecular formula is C12H16ClNO4S. The van der Waals surface area contributed by atoms with E-state index in [9.17, 15) is 18.6 Å². The van der Waals surface area contributed by atoms with Gasteiger partial charge in [-0.25, -0.2) is 8.42 Å². The third-order valence-corrected chi connectivity index (χ3v) is 6.22. The molecule has 1 aromatic rings. The lowest BCUT2D eigenvalue weighted by atomic mass is 9.97. The minimum Gasteiger partial charge on any atom is -0.504 e. The lowest BCUT2D eigenvalue weighted by Gasteiger charge is -2.27. The second-order valence-corrected chi connectivity index (χ2v) is 7.26. The predicted octanol–water partition coefficient (Wildman–Crippen LogP) is 1.71. The summed E-state index contributed by atoms with van der Waals surface area (Å²) >= 11 is 5.88. The Morgan fingerprint density at radius 3 is 2.53 bits per heavy atom. The Labute approximate surface area is 116 Å². The van der Waals surface area contributed by atoms with E-state index in [1.54, 1.807) is 0 Å². The summed E-state index contributed by atoms with van der Waals surface area (Å²) in [7, 11) is -3.91. The highest BCUT2D eigenvalue weighted by Crippen LogP contribution is 2.40. The van der Waals surface area contributed by atoms with Crippen molar-refractivity contribution >= 4 is 27.1 Å². The topological polar surface area (TPSA) is 101 Å². The Bertz CT molecular complexity index is 588. The van der Waals surface area contributed by atoms with Crippen LogP contribution in [0.2, 0.25) is 5.02 Å². The average Bonchev–Trinajstić information content (AvgIpc) is 2.34. The van der Waals surface area contributed by atoms with Crippen LogP contribution >= 0.6 is 11.6 Å². The molecule has 1 aliphatic carbocycles. The summed E-state index contributed by atoms with van der Waals surface area (Å²) in [5, 5.41) is 18.7. The highest BCUT2D eigenvalue weighted by atomic mass is 35.5. The second kappa shape index (κ2) is 5.19. The van der Waals surface area contributed by atoms with Gasteiger partial charge in [0, 0.05) is 0 Å². The summed E-state index contributed by atoms with van der Waals surface area (Å²) in [6.45, 7) is 0. The van der Waals surface area contributed by atoms with E-state index in [0.717, 1.165) is 12.8 Å². The van der Waals surface area contributed by atoms with E-state index < -0.39 is 26.9 Å². The number of benzene rings is 1. The molecule has 0 heterocycles. The normalized spacial score (nSPS) is 24.3. The smallest absolute Gasteiger partial charge is 0.188 e. The number of halogens is 1. The summed E-state index contributed by atoms with van der Waals surface area (Å²) < 4.78 is 25.1. The standard InChI is InChI=1S/C12H16ClNO4S/c13-7-5-6-8(14)11(16)12(7)19(17,18)10-4-2-1-3-9(10)15/h5-6,9-10,15-16H,1-4,14H2/t9-,10-/m1/s1. The third kappa shape index (κ3) is 2.52. The van der Waals surface area contributed by atoms with Crippen LogP contribution in [-0.4, -0.2) is 30.0 Å². The third-order valence-electron chi connectivity index (χ3n) is 3.47. The molecule has 1 fully saturated rings. The SMILES string of the molecule is Nc1ccc(Cl)c(S(=O)(=O)[C@@H]2CCCC[C@H]2O)c1O. The number of hydrogen-bond acceptors (Lipinski definition) is 5. The van der Waals surface area contributed by atoms with Crippen LogP contribution in [0.15, 0.2) is 17.0 Å². The van der Waals surface area contributed by atoms with Crippen molar-refractivity contribution in [1.29, 1.82) is 0 Å². The van der Waals surface area contributed by atoms with Gasteiger partial charge in [0.2, 0.25) is 0 Å². The molecule has 106 valence electrons. The zero-order valence-electron chi connectivity index (χ0n) is 10.2. The highest BCUT2D eigenvalue weighted by Gasteiger charge is 2.38. The molecule has 0 bridgehead atoms. The van der Waals surface area contributed by atoms with Crippen LogP contribution < -0.4 is 5.73 Å². The molecule has 0 radical (unpaired) electrons. The van der Waals surface area contributed by atoms with Crippen molar-refractivity contribution in [1.82, 2.24) is 0 Å². The maximum Gasteiger partial charge on any atom is 0.188 e. The Hall–Kier alpha value is -0.980. The molecule has 5 nitrogen and oxygen atoms in total. The monoisotopic (exact) mass is 305 g/mol. The first-order chi connectivity index (χ1) is 8.85. The molecule has 0 aliphatic heterocycles. The first-order valence-corrected chi connectivity index (χ1v) is 7.97. The molecule has 0 saturated heterocycles. The van der Waals surface area contributed by atoms with Gasteiger partial charge in [0.1, 0.15) is 4.90 Å². The fourth-order valence-electron chi connectivity index (χ4n) is 2.42. The molecule has 2 rings (SSSR count). The lowest BCUT2D eigenvalue weighted by molar-refractivity contribution is 0.133. The molecule has 0 spiro atoms. The Balaban J connectivity index is 2.53. The Morgan fingerprint density at radius 2 is 1.89 bits per heavy atom. The fraction of sp³-hybridized carbons (Fsp3) is 0.500.